The van der Waals surface area contributed by atoms with Gasteiger partial charge in [0.2, 0.25) is 0 Å². The van der Waals surface area contributed by atoms with E-state index in [1.165, 1.54) is 0 Å². The molecule has 1 rings (SSSR count). The Balaban J connectivity index is 3.43. The molecule has 0 unspecified atom stereocenters. The molecular formula is C9H11NO2. The van der Waals surface area contributed by atoms with Crippen molar-refractivity contribution in [2.45, 2.75) is 13.8 Å². The van der Waals surface area contributed by atoms with E-state index < -0.39 is 5.97 Å². The van der Waals surface area contributed by atoms with Crippen molar-refractivity contribution in [3.63, 3.8) is 0 Å². The standard InChI is InChI=1S/C9H11NO2/c1-5-3-4-7(10)6(2)8(5)9(11)12/h3-4H,10H2,1-2H3,(H,11,12). The molecule has 0 heterocycles. The summed E-state index contributed by atoms with van der Waals surface area (Å²) in [6, 6.07) is 3.43. The van der Waals surface area contributed by atoms with E-state index in [0.29, 0.717) is 16.8 Å². The van der Waals surface area contributed by atoms with Crippen molar-refractivity contribution in [2.75, 3.05) is 5.73 Å². The molecule has 1 aromatic rings. The third-order valence-electron chi connectivity index (χ3n) is 1.93. The average Bonchev–Trinajstić information content (AvgIpc) is 1.97. The highest BCUT2D eigenvalue weighted by Gasteiger charge is 2.11. The van der Waals surface area contributed by atoms with Crippen LogP contribution in [0, 0.1) is 13.8 Å². The predicted molar refractivity (Wildman–Crippen MR) is 47.3 cm³/mol. The van der Waals surface area contributed by atoms with E-state index in [9.17, 15) is 4.79 Å². The van der Waals surface area contributed by atoms with Gasteiger partial charge in [0.05, 0.1) is 5.56 Å². The van der Waals surface area contributed by atoms with Crippen LogP contribution in [-0.2, 0) is 0 Å². The van der Waals surface area contributed by atoms with Crippen molar-refractivity contribution >= 4 is 11.7 Å². The van der Waals surface area contributed by atoms with Crippen molar-refractivity contribution < 1.29 is 9.90 Å². The molecule has 64 valence electrons. The number of aryl methyl sites for hydroxylation is 1. The SMILES string of the molecule is Cc1ccc(N)c(C)c1C(=O)O. The second-order valence-electron chi connectivity index (χ2n) is 2.78. The lowest BCUT2D eigenvalue weighted by Gasteiger charge is -2.06. The number of nitrogen functional groups attached to an aromatic ring is 1. The first-order valence-corrected chi connectivity index (χ1v) is 3.63. The number of nitrogens with two attached hydrogens (primary N) is 1. The average molecular weight is 165 g/mol. The van der Waals surface area contributed by atoms with Crippen LogP contribution in [-0.4, -0.2) is 11.1 Å². The summed E-state index contributed by atoms with van der Waals surface area (Å²) in [7, 11) is 0. The van der Waals surface area contributed by atoms with E-state index in [2.05, 4.69) is 0 Å². The first-order valence-electron chi connectivity index (χ1n) is 3.63. The number of carbonyl (C=O) groups is 1. The maximum atomic E-state index is 10.7. The Labute approximate surface area is 70.8 Å². The Morgan fingerprint density at radius 2 is 2.00 bits per heavy atom. The minimum atomic E-state index is -0.919. The number of rotatable bonds is 1. The smallest absolute Gasteiger partial charge is 0.336 e. The summed E-state index contributed by atoms with van der Waals surface area (Å²) in [4.78, 5) is 10.7. The molecule has 1 aromatic carbocycles. The number of anilines is 1. The van der Waals surface area contributed by atoms with Gasteiger partial charge in [-0.3, -0.25) is 0 Å². The van der Waals surface area contributed by atoms with E-state index in [1.807, 2.05) is 0 Å². The van der Waals surface area contributed by atoms with Crippen molar-refractivity contribution in [2.24, 2.45) is 0 Å². The van der Waals surface area contributed by atoms with Crippen LogP contribution in [0.15, 0.2) is 12.1 Å². The van der Waals surface area contributed by atoms with Crippen molar-refractivity contribution in [3.05, 3.63) is 28.8 Å². The number of hydrogen-bond donors (Lipinski definition) is 2. The fraction of sp³-hybridized carbons (Fsp3) is 0.222. The molecule has 0 aliphatic heterocycles. The Bertz CT molecular complexity index is 332. The number of hydrogen-bond acceptors (Lipinski definition) is 2. The highest BCUT2D eigenvalue weighted by Crippen LogP contribution is 2.19. The topological polar surface area (TPSA) is 63.3 Å². The van der Waals surface area contributed by atoms with Gasteiger partial charge in [-0.15, -0.1) is 0 Å². The van der Waals surface area contributed by atoms with E-state index in [0.717, 1.165) is 5.56 Å². The maximum Gasteiger partial charge on any atom is 0.336 e. The predicted octanol–water partition coefficient (Wildman–Crippen LogP) is 1.58. The minimum Gasteiger partial charge on any atom is -0.478 e. The molecule has 0 saturated heterocycles. The van der Waals surface area contributed by atoms with Crippen molar-refractivity contribution in [3.8, 4) is 0 Å². The first-order chi connectivity index (χ1) is 5.54. The molecule has 12 heavy (non-hydrogen) atoms. The lowest BCUT2D eigenvalue weighted by Crippen LogP contribution is -2.05. The molecule has 0 atom stereocenters. The molecule has 3 heteroatoms. The van der Waals surface area contributed by atoms with Crippen molar-refractivity contribution in [1.29, 1.82) is 0 Å². The molecule has 3 N–H and O–H groups in total. The van der Waals surface area contributed by atoms with Crippen LogP contribution in [0.2, 0.25) is 0 Å². The fourth-order valence-electron chi connectivity index (χ4n) is 1.19. The van der Waals surface area contributed by atoms with Gasteiger partial charge >= 0.3 is 5.97 Å². The van der Waals surface area contributed by atoms with E-state index in [1.54, 1.807) is 26.0 Å². The zero-order valence-electron chi connectivity index (χ0n) is 7.09. The maximum absolute atomic E-state index is 10.7. The van der Waals surface area contributed by atoms with Crippen LogP contribution in [0.1, 0.15) is 21.5 Å². The molecule has 0 spiro atoms. The molecule has 0 aliphatic carbocycles. The third kappa shape index (κ3) is 1.25. The summed E-state index contributed by atoms with van der Waals surface area (Å²) < 4.78 is 0. The van der Waals surface area contributed by atoms with Crippen LogP contribution in [0.25, 0.3) is 0 Å². The molecular weight excluding hydrogens is 154 g/mol. The van der Waals surface area contributed by atoms with Gasteiger partial charge in [-0.05, 0) is 31.0 Å². The van der Waals surface area contributed by atoms with Crippen molar-refractivity contribution in [1.82, 2.24) is 0 Å². The fourth-order valence-corrected chi connectivity index (χ4v) is 1.19. The molecule has 0 fully saturated rings. The van der Waals surface area contributed by atoms with Crippen LogP contribution in [0.3, 0.4) is 0 Å². The zero-order chi connectivity index (χ0) is 9.30. The van der Waals surface area contributed by atoms with Crippen LogP contribution in [0.5, 0.6) is 0 Å². The van der Waals surface area contributed by atoms with Gasteiger partial charge in [-0.25, -0.2) is 4.79 Å². The Kier molecular flexibility index (Phi) is 2.04. The molecule has 0 bridgehead atoms. The molecule has 0 aromatic heterocycles. The Morgan fingerprint density at radius 3 is 2.42 bits per heavy atom. The Hall–Kier alpha value is -1.51. The van der Waals surface area contributed by atoms with Gasteiger partial charge < -0.3 is 10.8 Å². The quantitative estimate of drug-likeness (QED) is 0.621. The van der Waals surface area contributed by atoms with Crippen LogP contribution >= 0.6 is 0 Å². The monoisotopic (exact) mass is 165 g/mol. The van der Waals surface area contributed by atoms with Gasteiger partial charge in [-0.1, -0.05) is 6.07 Å². The minimum absolute atomic E-state index is 0.315. The molecule has 0 radical (unpaired) electrons. The number of carboxylic acids is 1. The summed E-state index contributed by atoms with van der Waals surface area (Å²) in [6.07, 6.45) is 0. The third-order valence-corrected chi connectivity index (χ3v) is 1.93. The molecule has 3 nitrogen and oxygen atoms in total. The van der Waals surface area contributed by atoms with E-state index in [-0.39, 0.29) is 0 Å². The van der Waals surface area contributed by atoms with Gasteiger partial charge in [0.1, 0.15) is 0 Å². The van der Waals surface area contributed by atoms with Gasteiger partial charge in [0, 0.05) is 5.69 Å². The second-order valence-corrected chi connectivity index (χ2v) is 2.78. The van der Waals surface area contributed by atoms with E-state index in [4.69, 9.17) is 10.8 Å². The summed E-state index contributed by atoms with van der Waals surface area (Å²) in [5.41, 5.74) is 7.79. The molecule has 0 amide bonds. The Morgan fingerprint density at radius 1 is 1.42 bits per heavy atom. The summed E-state index contributed by atoms with van der Waals surface area (Å²) in [5.74, 6) is -0.919. The number of aromatic carboxylic acids is 1. The number of carboxylic acid groups (broad SMARTS) is 1. The lowest BCUT2D eigenvalue weighted by atomic mass is 10.0. The van der Waals surface area contributed by atoms with Crippen LogP contribution < -0.4 is 5.73 Å². The first kappa shape index (κ1) is 8.59. The summed E-state index contributed by atoms with van der Waals surface area (Å²) >= 11 is 0. The normalized spacial score (nSPS) is 9.83. The lowest BCUT2D eigenvalue weighted by molar-refractivity contribution is 0.0695. The highest BCUT2D eigenvalue weighted by atomic mass is 16.4. The summed E-state index contributed by atoms with van der Waals surface area (Å²) in [5, 5.41) is 8.82. The van der Waals surface area contributed by atoms with Gasteiger partial charge in [-0.2, -0.15) is 0 Å². The van der Waals surface area contributed by atoms with E-state index >= 15 is 0 Å². The highest BCUT2D eigenvalue weighted by molar-refractivity contribution is 5.92. The largest absolute Gasteiger partial charge is 0.478 e. The number of benzene rings is 1. The molecule has 0 saturated carbocycles. The van der Waals surface area contributed by atoms with Crippen LogP contribution in [0.4, 0.5) is 5.69 Å². The van der Waals surface area contributed by atoms with Gasteiger partial charge in [0.15, 0.2) is 0 Å². The molecule has 0 aliphatic rings. The second kappa shape index (κ2) is 2.85. The zero-order valence-corrected chi connectivity index (χ0v) is 7.09. The van der Waals surface area contributed by atoms with Gasteiger partial charge in [0.25, 0.3) is 0 Å². The summed E-state index contributed by atoms with van der Waals surface area (Å²) in [6.45, 7) is 3.47.